The molecule has 0 aliphatic heterocycles. The fraction of sp³-hybridized carbons (Fsp3) is 0.909. The van der Waals surface area contributed by atoms with Crippen molar-refractivity contribution >= 4 is 49.5 Å². The number of thioether (sulfide) groups is 2. The average Bonchev–Trinajstić information content (AvgIpc) is 2.69. The predicted octanol–water partition coefficient (Wildman–Crippen LogP) is 9.32. The Morgan fingerprint density at radius 1 is 0.724 bits per heavy atom. The van der Waals surface area contributed by atoms with Gasteiger partial charge in [-0.05, 0) is 0 Å². The van der Waals surface area contributed by atoms with E-state index in [0.29, 0.717) is 13.2 Å². The quantitative estimate of drug-likeness (QED) is 0.114. The predicted molar refractivity (Wildman–Crippen MR) is 139 cm³/mol. The third-order valence-corrected chi connectivity index (χ3v) is 31.0. The molecule has 0 amide bonds. The number of hydrogen-bond donors (Lipinski definition) is 0. The van der Waals surface area contributed by atoms with Gasteiger partial charge in [-0.2, -0.15) is 0 Å². The topological polar surface area (TPSA) is 35.5 Å². The van der Waals surface area contributed by atoms with Gasteiger partial charge in [0.05, 0.1) is 0 Å². The second-order valence-electron chi connectivity index (χ2n) is 7.43. The van der Waals surface area contributed by atoms with Crippen LogP contribution in [0.3, 0.4) is 0 Å². The van der Waals surface area contributed by atoms with Crippen molar-refractivity contribution in [1.29, 1.82) is 0 Å². The van der Waals surface area contributed by atoms with E-state index in [-0.39, 0.29) is 0 Å². The zero-order valence-electron chi connectivity index (χ0n) is 20.2. The maximum atomic E-state index is 14.4. The second-order valence-corrected chi connectivity index (χ2v) is 26.4. The molecule has 0 N–H and O–H groups in total. The van der Waals surface area contributed by atoms with E-state index in [1.54, 1.807) is 0 Å². The van der Waals surface area contributed by atoms with Crippen LogP contribution in [0.2, 0.25) is 13.3 Å². The van der Waals surface area contributed by atoms with Crippen molar-refractivity contribution in [2.75, 3.05) is 24.7 Å². The number of rotatable bonds is 19. The first kappa shape index (κ1) is 30.4. The van der Waals surface area contributed by atoms with Gasteiger partial charge in [-0.15, -0.1) is 0 Å². The Morgan fingerprint density at radius 2 is 1.10 bits per heavy atom. The molecule has 3 nitrogen and oxygen atoms in total. The fourth-order valence-electron chi connectivity index (χ4n) is 3.84. The number of unbranched alkanes of at least 4 members (excludes halogenated alkanes) is 3. The molecule has 0 aliphatic rings. The van der Waals surface area contributed by atoms with Crippen molar-refractivity contribution in [3.63, 3.8) is 0 Å². The third kappa shape index (κ3) is 10.2. The molecule has 174 valence electrons. The molecule has 0 atom stereocenters. The van der Waals surface area contributed by atoms with Gasteiger partial charge in [0.2, 0.25) is 0 Å². The van der Waals surface area contributed by atoms with E-state index in [4.69, 9.17) is 9.05 Å². The molecule has 0 unspecified atom stereocenters. The average molecular weight is 573 g/mol. The molecule has 7 heteroatoms. The normalized spacial score (nSPS) is 12.4. The monoisotopic (exact) mass is 574 g/mol. The Morgan fingerprint density at radius 3 is 1.38 bits per heavy atom. The Hall–Kier alpha value is 1.39. The summed E-state index contributed by atoms with van der Waals surface area (Å²) in [5.74, 6) is 2.00. The SMILES string of the molecule is CCC[CH2][Sn]([CH2]CCC)([CH2]CCC)[C](=C(SCC)SCC)P(=O)(OCC)OCC. The molecule has 0 saturated carbocycles. The zero-order chi connectivity index (χ0) is 22.2. The minimum absolute atomic E-state index is 0.443. The van der Waals surface area contributed by atoms with Crippen LogP contribution in [-0.2, 0) is 13.6 Å². The van der Waals surface area contributed by atoms with Gasteiger partial charge in [0, 0.05) is 0 Å². The molecule has 0 fully saturated rings. The summed E-state index contributed by atoms with van der Waals surface area (Å²) in [7, 11) is -3.26. The van der Waals surface area contributed by atoms with Crippen molar-refractivity contribution < 1.29 is 13.6 Å². The molecule has 0 aromatic rings. The first-order chi connectivity index (χ1) is 13.9. The van der Waals surface area contributed by atoms with Gasteiger partial charge in [0.15, 0.2) is 0 Å². The van der Waals surface area contributed by atoms with Gasteiger partial charge in [-0.1, -0.05) is 0 Å². The molecule has 0 saturated heterocycles. The molecule has 0 aromatic heterocycles. The van der Waals surface area contributed by atoms with E-state index in [2.05, 4.69) is 34.6 Å². The summed E-state index contributed by atoms with van der Waals surface area (Å²) in [5, 5.41) is 0. The van der Waals surface area contributed by atoms with E-state index in [0.717, 1.165) is 11.5 Å². The van der Waals surface area contributed by atoms with Crippen LogP contribution in [0.1, 0.15) is 87.0 Å². The van der Waals surface area contributed by atoms with Crippen LogP contribution < -0.4 is 0 Å². The van der Waals surface area contributed by atoms with Gasteiger partial charge < -0.3 is 0 Å². The van der Waals surface area contributed by atoms with E-state index in [1.165, 1.54) is 59.4 Å². The van der Waals surface area contributed by atoms with Crippen LogP contribution in [0, 0.1) is 0 Å². The second kappa shape index (κ2) is 17.9. The fourth-order valence-corrected chi connectivity index (χ4v) is 35.3. The van der Waals surface area contributed by atoms with Crippen LogP contribution >= 0.6 is 31.1 Å². The maximum absolute atomic E-state index is 14.4. The molecule has 0 radical (unpaired) electrons. The summed E-state index contributed by atoms with van der Waals surface area (Å²) >= 11 is 0.765. The summed E-state index contributed by atoms with van der Waals surface area (Å²) in [6, 6.07) is 0. The Kier molecular flexibility index (Phi) is 18.7. The Labute approximate surface area is 194 Å². The standard InChI is InChI=1S/C10H20O3PS2.3C4H9.Sn/c1-5-12-14(11,13-6-2)9-10(15-7-3)16-8-4;3*1-3-4-2;/h5-8H2,1-4H3;3*1,3-4H2,2H3;. The van der Waals surface area contributed by atoms with Crippen LogP contribution in [-0.4, -0.2) is 43.1 Å². The first-order valence-corrected chi connectivity index (χ1v) is 22.8. The van der Waals surface area contributed by atoms with Gasteiger partial charge >= 0.3 is 196 Å². The van der Waals surface area contributed by atoms with Crippen molar-refractivity contribution in [3.8, 4) is 0 Å². The van der Waals surface area contributed by atoms with Crippen LogP contribution in [0.5, 0.6) is 0 Å². The van der Waals surface area contributed by atoms with Crippen LogP contribution in [0.25, 0.3) is 0 Å². The van der Waals surface area contributed by atoms with Gasteiger partial charge in [-0.25, -0.2) is 0 Å². The molecule has 0 aliphatic carbocycles. The van der Waals surface area contributed by atoms with Crippen molar-refractivity contribution in [2.24, 2.45) is 0 Å². The van der Waals surface area contributed by atoms with Crippen LogP contribution in [0.4, 0.5) is 0 Å². The molecule has 0 rings (SSSR count). The van der Waals surface area contributed by atoms with E-state index in [9.17, 15) is 4.57 Å². The number of hydrogen-bond acceptors (Lipinski definition) is 5. The summed E-state index contributed by atoms with van der Waals surface area (Å²) in [6.07, 6.45) is 7.34. The molecule has 0 heterocycles. The van der Waals surface area contributed by atoms with E-state index < -0.39 is 26.0 Å². The third-order valence-electron chi connectivity index (χ3n) is 5.15. The molecular formula is C22H47O3PS2Sn. The molecule has 0 bridgehead atoms. The summed E-state index contributed by atoms with van der Waals surface area (Å²) in [4.78, 5) is 0. The molecular weight excluding hydrogens is 526 g/mol. The summed E-state index contributed by atoms with van der Waals surface area (Å²) < 4.78 is 32.8. The van der Waals surface area contributed by atoms with Gasteiger partial charge in [-0.3, -0.25) is 0 Å². The van der Waals surface area contributed by atoms with Crippen molar-refractivity contribution in [2.45, 2.75) is 100 Å². The molecule has 0 aromatic carbocycles. The first-order valence-electron chi connectivity index (χ1n) is 11.8. The Bertz CT molecular complexity index is 461. The minimum atomic E-state index is -3.26. The molecule has 29 heavy (non-hydrogen) atoms. The van der Waals surface area contributed by atoms with Crippen molar-refractivity contribution in [3.05, 3.63) is 7.57 Å². The van der Waals surface area contributed by atoms with E-state index in [1.807, 2.05) is 37.4 Å². The van der Waals surface area contributed by atoms with Crippen LogP contribution in [0.15, 0.2) is 7.57 Å². The summed E-state index contributed by atoms with van der Waals surface area (Å²) in [5.41, 5.74) is 0. The van der Waals surface area contributed by atoms with Gasteiger partial charge in [0.1, 0.15) is 0 Å². The zero-order valence-corrected chi connectivity index (χ0v) is 25.6. The Balaban J connectivity index is 6.84. The van der Waals surface area contributed by atoms with Crippen molar-refractivity contribution in [1.82, 2.24) is 0 Å². The molecule has 0 spiro atoms. The summed E-state index contributed by atoms with van der Waals surface area (Å²) in [6.45, 7) is 16.0. The van der Waals surface area contributed by atoms with Gasteiger partial charge in [0.25, 0.3) is 0 Å². The van der Waals surface area contributed by atoms with E-state index >= 15 is 0 Å².